The molecule has 0 radical (unpaired) electrons. The average Bonchev–Trinajstić information content (AvgIpc) is 2.69. The van der Waals surface area contributed by atoms with Gasteiger partial charge in [0.15, 0.2) is 9.84 Å². The number of hydrogen-bond donors (Lipinski definition) is 1. The van der Waals surface area contributed by atoms with Gasteiger partial charge in [-0.05, 0) is 48.9 Å². The molecule has 5 heteroatoms. The molecule has 0 aromatic heterocycles. The molecule has 0 bridgehead atoms. The van der Waals surface area contributed by atoms with Crippen LogP contribution in [0, 0.1) is 0 Å². The van der Waals surface area contributed by atoms with Gasteiger partial charge in [0, 0.05) is 16.6 Å². The molecule has 2 atom stereocenters. The van der Waals surface area contributed by atoms with Gasteiger partial charge in [-0.2, -0.15) is 0 Å². The Bertz CT molecular complexity index is 585. The molecular weight excluding hydrogens is 326 g/mol. The van der Waals surface area contributed by atoms with Crippen molar-refractivity contribution in [1.82, 2.24) is 5.32 Å². The Labute approximate surface area is 122 Å². The van der Waals surface area contributed by atoms with E-state index in [0.717, 1.165) is 30.2 Å². The third-order valence-electron chi connectivity index (χ3n) is 4.10. The maximum absolute atomic E-state index is 11.5. The molecule has 1 heterocycles. The minimum absolute atomic E-state index is 0.159. The molecule has 1 aliphatic heterocycles. The second kappa shape index (κ2) is 5.19. The topological polar surface area (TPSA) is 46.2 Å². The van der Waals surface area contributed by atoms with Crippen LogP contribution in [0.1, 0.15) is 24.0 Å². The molecule has 1 N–H and O–H groups in total. The fourth-order valence-corrected chi connectivity index (χ4v) is 5.22. The quantitative estimate of drug-likeness (QED) is 0.894. The Morgan fingerprint density at radius 3 is 2.74 bits per heavy atom. The van der Waals surface area contributed by atoms with E-state index in [2.05, 4.69) is 39.4 Å². The van der Waals surface area contributed by atoms with Gasteiger partial charge >= 0.3 is 0 Å². The summed E-state index contributed by atoms with van der Waals surface area (Å²) in [6, 6.07) is 7.05. The van der Waals surface area contributed by atoms with E-state index >= 15 is 0 Å². The molecule has 2 unspecified atom stereocenters. The van der Waals surface area contributed by atoms with Gasteiger partial charge in [-0.25, -0.2) is 8.42 Å². The van der Waals surface area contributed by atoms with Crippen molar-refractivity contribution in [3.63, 3.8) is 0 Å². The largest absolute Gasteiger partial charge is 0.310 e. The number of fused-ring (bicyclic) bond motifs is 1. The number of halogens is 1. The van der Waals surface area contributed by atoms with Crippen LogP contribution in [0.15, 0.2) is 22.7 Å². The lowest BCUT2D eigenvalue weighted by molar-refractivity contribution is 0.410. The van der Waals surface area contributed by atoms with E-state index in [-0.39, 0.29) is 6.04 Å². The highest BCUT2D eigenvalue weighted by Crippen LogP contribution is 2.25. The van der Waals surface area contributed by atoms with Gasteiger partial charge in [-0.1, -0.05) is 22.0 Å². The van der Waals surface area contributed by atoms with Gasteiger partial charge in [0.1, 0.15) is 0 Å². The molecule has 0 amide bonds. The van der Waals surface area contributed by atoms with Crippen molar-refractivity contribution in [3.05, 3.63) is 33.8 Å². The third-order valence-corrected chi connectivity index (χ3v) is 6.36. The molecule has 19 heavy (non-hydrogen) atoms. The van der Waals surface area contributed by atoms with Crippen LogP contribution in [-0.2, 0) is 22.7 Å². The summed E-state index contributed by atoms with van der Waals surface area (Å²) in [5, 5.41) is 3.54. The zero-order chi connectivity index (χ0) is 13.5. The highest BCUT2D eigenvalue weighted by Gasteiger charge is 2.30. The number of nitrogens with one attached hydrogen (secondary N) is 1. The number of sulfone groups is 1. The van der Waals surface area contributed by atoms with Crippen LogP contribution in [0.4, 0.5) is 0 Å². The van der Waals surface area contributed by atoms with Crippen LogP contribution in [0.2, 0.25) is 0 Å². The van der Waals surface area contributed by atoms with E-state index in [1.807, 2.05) is 0 Å². The van der Waals surface area contributed by atoms with Gasteiger partial charge in [-0.3, -0.25) is 0 Å². The Morgan fingerprint density at radius 2 is 2.00 bits per heavy atom. The highest BCUT2D eigenvalue weighted by molar-refractivity contribution is 9.10. The van der Waals surface area contributed by atoms with Gasteiger partial charge in [0.2, 0.25) is 0 Å². The first-order valence-electron chi connectivity index (χ1n) is 6.76. The smallest absolute Gasteiger partial charge is 0.151 e. The van der Waals surface area contributed by atoms with Gasteiger partial charge in [0.05, 0.1) is 11.5 Å². The van der Waals surface area contributed by atoms with Crippen molar-refractivity contribution in [2.45, 2.75) is 37.8 Å². The molecule has 1 aliphatic carbocycles. The zero-order valence-electron chi connectivity index (χ0n) is 10.7. The summed E-state index contributed by atoms with van der Waals surface area (Å²) in [6.07, 6.45) is 3.96. The molecule has 1 aromatic carbocycles. The maximum Gasteiger partial charge on any atom is 0.151 e. The third kappa shape index (κ3) is 3.20. The molecule has 0 saturated carbocycles. The van der Waals surface area contributed by atoms with Crippen molar-refractivity contribution in [3.8, 4) is 0 Å². The second-order valence-electron chi connectivity index (χ2n) is 5.62. The summed E-state index contributed by atoms with van der Waals surface area (Å²) < 4.78 is 24.1. The van der Waals surface area contributed by atoms with Gasteiger partial charge in [-0.15, -0.1) is 0 Å². The summed E-state index contributed by atoms with van der Waals surface area (Å²) >= 11 is 3.51. The predicted octanol–water partition coefficient (Wildman–Crippen LogP) is 2.08. The fourth-order valence-electron chi connectivity index (χ4n) is 3.13. The van der Waals surface area contributed by atoms with Gasteiger partial charge < -0.3 is 5.32 Å². The van der Waals surface area contributed by atoms with E-state index < -0.39 is 9.84 Å². The molecule has 104 valence electrons. The Balaban J connectivity index is 1.65. The summed E-state index contributed by atoms with van der Waals surface area (Å²) in [5.41, 5.74) is 2.82. The van der Waals surface area contributed by atoms with Crippen molar-refractivity contribution < 1.29 is 8.42 Å². The minimum Gasteiger partial charge on any atom is -0.310 e. The number of hydrogen-bond acceptors (Lipinski definition) is 3. The van der Waals surface area contributed by atoms with Crippen LogP contribution in [0.3, 0.4) is 0 Å². The first kappa shape index (κ1) is 13.6. The number of rotatable bonds is 2. The lowest BCUT2D eigenvalue weighted by Gasteiger charge is -2.28. The Morgan fingerprint density at radius 1 is 1.16 bits per heavy atom. The first-order valence-corrected chi connectivity index (χ1v) is 9.37. The standard InChI is InChI=1S/C14H18BrNO2S/c15-12-3-1-11-8-13(4-2-10(11)7-12)16-14-5-6-19(17,18)9-14/h1,3,7,13-14,16H,2,4-6,8-9H2. The number of aryl methyl sites for hydroxylation is 1. The predicted molar refractivity (Wildman–Crippen MR) is 80.1 cm³/mol. The highest BCUT2D eigenvalue weighted by atomic mass is 79.9. The SMILES string of the molecule is O=S1(=O)CCC(NC2CCc3cc(Br)ccc3C2)C1. The monoisotopic (exact) mass is 343 g/mol. The zero-order valence-corrected chi connectivity index (χ0v) is 13.1. The van der Waals surface area contributed by atoms with Crippen LogP contribution >= 0.6 is 15.9 Å². The fraction of sp³-hybridized carbons (Fsp3) is 0.571. The normalized spacial score (nSPS) is 29.1. The summed E-state index contributed by atoms with van der Waals surface area (Å²) in [5.74, 6) is 0.664. The van der Waals surface area contributed by atoms with Crippen molar-refractivity contribution in [1.29, 1.82) is 0 Å². The van der Waals surface area contributed by atoms with Crippen molar-refractivity contribution >= 4 is 25.8 Å². The maximum atomic E-state index is 11.5. The summed E-state index contributed by atoms with van der Waals surface area (Å²) in [7, 11) is -2.78. The van der Waals surface area contributed by atoms with Gasteiger partial charge in [0.25, 0.3) is 0 Å². The number of benzene rings is 1. The molecule has 1 saturated heterocycles. The van der Waals surface area contributed by atoms with Crippen LogP contribution in [0.25, 0.3) is 0 Å². The molecule has 3 nitrogen and oxygen atoms in total. The van der Waals surface area contributed by atoms with Crippen molar-refractivity contribution in [2.24, 2.45) is 0 Å². The molecular formula is C14H18BrNO2S. The molecule has 0 spiro atoms. The summed E-state index contributed by atoms with van der Waals surface area (Å²) in [6.45, 7) is 0. The second-order valence-corrected chi connectivity index (χ2v) is 8.76. The van der Waals surface area contributed by atoms with E-state index in [9.17, 15) is 8.42 Å². The lowest BCUT2D eigenvalue weighted by Crippen LogP contribution is -2.42. The van der Waals surface area contributed by atoms with Crippen LogP contribution in [0.5, 0.6) is 0 Å². The molecule has 2 aliphatic rings. The van der Waals surface area contributed by atoms with E-state index in [0.29, 0.717) is 17.5 Å². The summed E-state index contributed by atoms with van der Waals surface area (Å²) in [4.78, 5) is 0. The van der Waals surface area contributed by atoms with Crippen LogP contribution < -0.4 is 5.32 Å². The molecule has 1 aromatic rings. The minimum atomic E-state index is -2.78. The Hall–Kier alpha value is -0.390. The Kier molecular flexibility index (Phi) is 3.71. The molecule has 1 fully saturated rings. The first-order chi connectivity index (χ1) is 9.02. The van der Waals surface area contributed by atoms with E-state index in [4.69, 9.17) is 0 Å². The lowest BCUT2D eigenvalue weighted by atomic mass is 9.88. The van der Waals surface area contributed by atoms with E-state index in [1.165, 1.54) is 11.1 Å². The van der Waals surface area contributed by atoms with Crippen LogP contribution in [-0.4, -0.2) is 32.0 Å². The van der Waals surface area contributed by atoms with E-state index in [1.54, 1.807) is 0 Å². The molecule has 3 rings (SSSR count). The van der Waals surface area contributed by atoms with Crippen molar-refractivity contribution in [2.75, 3.05) is 11.5 Å². The average molecular weight is 344 g/mol.